The molecule has 2 fully saturated rings. The standard InChI is InChI=1S/C18H30N4O2/c23-18(16-22-11-13-24-14-12-22)15-21-9-7-20(8-10-21)6-4-17-3-1-2-5-19-17/h1-3,5,18,23H,4,6-16H2/t18-/m0/s1. The second-order valence-corrected chi connectivity index (χ2v) is 6.78. The number of piperazine rings is 1. The number of hydrogen-bond donors (Lipinski definition) is 1. The lowest BCUT2D eigenvalue weighted by atomic mass is 10.2. The van der Waals surface area contributed by atoms with Gasteiger partial charge < -0.3 is 14.7 Å². The first-order valence-electron chi connectivity index (χ1n) is 9.12. The zero-order chi connectivity index (χ0) is 16.6. The molecular weight excluding hydrogens is 304 g/mol. The van der Waals surface area contributed by atoms with E-state index in [-0.39, 0.29) is 6.10 Å². The molecule has 134 valence electrons. The van der Waals surface area contributed by atoms with Gasteiger partial charge in [0.25, 0.3) is 0 Å². The summed E-state index contributed by atoms with van der Waals surface area (Å²) in [5.41, 5.74) is 1.17. The average Bonchev–Trinajstić information content (AvgIpc) is 2.63. The van der Waals surface area contributed by atoms with Gasteiger partial charge in [0.2, 0.25) is 0 Å². The summed E-state index contributed by atoms with van der Waals surface area (Å²) in [7, 11) is 0. The molecule has 0 aliphatic carbocycles. The minimum atomic E-state index is -0.261. The molecule has 1 atom stereocenters. The van der Waals surface area contributed by atoms with Crippen molar-refractivity contribution < 1.29 is 9.84 Å². The topological polar surface area (TPSA) is 52.1 Å². The van der Waals surface area contributed by atoms with Crippen LogP contribution in [-0.4, -0.2) is 103 Å². The molecule has 0 saturated carbocycles. The van der Waals surface area contributed by atoms with Crippen LogP contribution in [0.2, 0.25) is 0 Å². The van der Waals surface area contributed by atoms with Crippen molar-refractivity contribution in [1.29, 1.82) is 0 Å². The minimum absolute atomic E-state index is 0.261. The number of hydrogen-bond acceptors (Lipinski definition) is 6. The number of ether oxygens (including phenoxy) is 1. The highest BCUT2D eigenvalue weighted by Crippen LogP contribution is 2.06. The third-order valence-electron chi connectivity index (χ3n) is 4.92. The predicted molar refractivity (Wildman–Crippen MR) is 94.1 cm³/mol. The van der Waals surface area contributed by atoms with E-state index in [0.29, 0.717) is 0 Å². The fraction of sp³-hybridized carbons (Fsp3) is 0.722. The Morgan fingerprint density at radius 3 is 2.29 bits per heavy atom. The average molecular weight is 334 g/mol. The zero-order valence-electron chi connectivity index (χ0n) is 14.5. The number of aliphatic hydroxyl groups excluding tert-OH is 1. The molecule has 6 nitrogen and oxygen atoms in total. The Kier molecular flexibility index (Phi) is 6.98. The van der Waals surface area contributed by atoms with Gasteiger partial charge in [0.15, 0.2) is 0 Å². The van der Waals surface area contributed by atoms with E-state index in [4.69, 9.17) is 4.74 Å². The summed E-state index contributed by atoms with van der Waals surface area (Å²) in [6.07, 6.45) is 2.62. The second kappa shape index (κ2) is 9.44. The number of morpholine rings is 1. The molecule has 0 spiro atoms. The molecule has 1 N–H and O–H groups in total. The van der Waals surface area contributed by atoms with E-state index in [9.17, 15) is 5.11 Å². The van der Waals surface area contributed by atoms with Crippen LogP contribution in [0.5, 0.6) is 0 Å². The van der Waals surface area contributed by atoms with Crippen LogP contribution in [0.1, 0.15) is 5.69 Å². The summed E-state index contributed by atoms with van der Waals surface area (Å²) in [5.74, 6) is 0. The van der Waals surface area contributed by atoms with Crippen molar-refractivity contribution in [2.45, 2.75) is 12.5 Å². The maximum atomic E-state index is 10.3. The van der Waals surface area contributed by atoms with Gasteiger partial charge in [-0.1, -0.05) is 6.07 Å². The molecule has 0 amide bonds. The van der Waals surface area contributed by atoms with Crippen LogP contribution in [-0.2, 0) is 11.2 Å². The molecule has 2 aliphatic rings. The number of aliphatic hydroxyl groups is 1. The SMILES string of the molecule is O[C@H](CN1CCOCC1)CN1CCN(CCc2ccccn2)CC1. The summed E-state index contributed by atoms with van der Waals surface area (Å²) in [4.78, 5) is 11.6. The maximum absolute atomic E-state index is 10.3. The normalized spacial score (nSPS) is 22.5. The van der Waals surface area contributed by atoms with Crippen LogP contribution in [0.4, 0.5) is 0 Å². The molecule has 0 bridgehead atoms. The third kappa shape index (κ3) is 5.79. The first-order chi connectivity index (χ1) is 11.8. The third-order valence-corrected chi connectivity index (χ3v) is 4.92. The molecule has 1 aromatic rings. The van der Waals surface area contributed by atoms with E-state index in [1.165, 1.54) is 5.69 Å². The van der Waals surface area contributed by atoms with Gasteiger partial charge >= 0.3 is 0 Å². The minimum Gasteiger partial charge on any atom is -0.390 e. The maximum Gasteiger partial charge on any atom is 0.0793 e. The molecule has 2 aliphatic heterocycles. The van der Waals surface area contributed by atoms with Crippen LogP contribution >= 0.6 is 0 Å². The molecule has 1 aromatic heterocycles. The van der Waals surface area contributed by atoms with Crippen molar-refractivity contribution in [3.05, 3.63) is 30.1 Å². The molecule has 3 rings (SSSR count). The van der Waals surface area contributed by atoms with E-state index in [1.54, 1.807) is 0 Å². The smallest absolute Gasteiger partial charge is 0.0793 e. The van der Waals surface area contributed by atoms with Gasteiger partial charge in [0, 0.05) is 77.2 Å². The lowest BCUT2D eigenvalue weighted by Crippen LogP contribution is -2.51. The second-order valence-electron chi connectivity index (χ2n) is 6.78. The lowest BCUT2D eigenvalue weighted by Gasteiger charge is -2.36. The summed E-state index contributed by atoms with van der Waals surface area (Å²) >= 11 is 0. The molecule has 24 heavy (non-hydrogen) atoms. The predicted octanol–water partition coefficient (Wildman–Crippen LogP) is -0.0652. The van der Waals surface area contributed by atoms with Crippen LogP contribution in [0.15, 0.2) is 24.4 Å². The fourth-order valence-electron chi connectivity index (χ4n) is 3.45. The highest BCUT2D eigenvalue weighted by Gasteiger charge is 2.21. The van der Waals surface area contributed by atoms with Crippen LogP contribution < -0.4 is 0 Å². The largest absolute Gasteiger partial charge is 0.390 e. The Bertz CT molecular complexity index is 459. The van der Waals surface area contributed by atoms with E-state index in [2.05, 4.69) is 31.8 Å². The van der Waals surface area contributed by atoms with Gasteiger partial charge in [0.1, 0.15) is 0 Å². The lowest BCUT2D eigenvalue weighted by molar-refractivity contribution is 0.00254. The van der Waals surface area contributed by atoms with E-state index in [0.717, 1.165) is 78.5 Å². The molecule has 0 unspecified atom stereocenters. The number of β-amino-alcohol motifs (C(OH)–C–C–N with tert-alkyl or cyclic N) is 1. The Hall–Kier alpha value is -1.05. The summed E-state index contributed by atoms with van der Waals surface area (Å²) in [5, 5.41) is 10.3. The highest BCUT2D eigenvalue weighted by molar-refractivity contribution is 5.03. The first kappa shape index (κ1) is 17.8. The molecule has 6 heteroatoms. The molecular formula is C18H30N4O2. The van der Waals surface area contributed by atoms with E-state index < -0.39 is 0 Å². The first-order valence-corrected chi connectivity index (χ1v) is 9.12. The van der Waals surface area contributed by atoms with Gasteiger partial charge in [-0.15, -0.1) is 0 Å². The van der Waals surface area contributed by atoms with E-state index in [1.807, 2.05) is 12.3 Å². The summed E-state index contributed by atoms with van der Waals surface area (Å²) < 4.78 is 5.35. The van der Waals surface area contributed by atoms with Crippen molar-refractivity contribution in [1.82, 2.24) is 19.7 Å². The van der Waals surface area contributed by atoms with E-state index >= 15 is 0 Å². The van der Waals surface area contributed by atoms with Crippen LogP contribution in [0.25, 0.3) is 0 Å². The molecule has 2 saturated heterocycles. The van der Waals surface area contributed by atoms with Crippen molar-refractivity contribution in [2.75, 3.05) is 72.1 Å². The zero-order valence-corrected chi connectivity index (χ0v) is 14.5. The Morgan fingerprint density at radius 2 is 1.62 bits per heavy atom. The van der Waals surface area contributed by atoms with Crippen LogP contribution in [0.3, 0.4) is 0 Å². The number of aromatic nitrogens is 1. The summed E-state index contributed by atoms with van der Waals surface area (Å²) in [6.45, 7) is 10.3. The Balaban J connectivity index is 1.31. The fourth-order valence-corrected chi connectivity index (χ4v) is 3.45. The molecule has 0 aromatic carbocycles. The van der Waals surface area contributed by atoms with Crippen molar-refractivity contribution in [3.63, 3.8) is 0 Å². The Labute approximate surface area is 145 Å². The van der Waals surface area contributed by atoms with Gasteiger partial charge in [-0.3, -0.25) is 14.8 Å². The van der Waals surface area contributed by atoms with Gasteiger partial charge in [-0.25, -0.2) is 0 Å². The van der Waals surface area contributed by atoms with Crippen molar-refractivity contribution >= 4 is 0 Å². The van der Waals surface area contributed by atoms with Crippen molar-refractivity contribution in [3.8, 4) is 0 Å². The highest BCUT2D eigenvalue weighted by atomic mass is 16.5. The Morgan fingerprint density at radius 1 is 0.958 bits per heavy atom. The van der Waals surface area contributed by atoms with Gasteiger partial charge in [0.05, 0.1) is 19.3 Å². The van der Waals surface area contributed by atoms with Crippen LogP contribution in [0, 0.1) is 0 Å². The summed E-state index contributed by atoms with van der Waals surface area (Å²) in [6, 6.07) is 6.11. The monoisotopic (exact) mass is 334 g/mol. The molecule has 0 radical (unpaired) electrons. The molecule has 3 heterocycles. The number of rotatable bonds is 7. The quantitative estimate of drug-likeness (QED) is 0.754. The van der Waals surface area contributed by atoms with Gasteiger partial charge in [-0.2, -0.15) is 0 Å². The van der Waals surface area contributed by atoms with Crippen molar-refractivity contribution in [2.24, 2.45) is 0 Å². The number of pyridine rings is 1. The number of nitrogens with zero attached hydrogens (tertiary/aromatic N) is 4. The van der Waals surface area contributed by atoms with Gasteiger partial charge in [-0.05, 0) is 12.1 Å².